The fraction of sp³-hybridized carbons (Fsp3) is 0.550. The molecule has 0 saturated carbocycles. The Labute approximate surface area is 154 Å². The number of hydrogen-bond donors (Lipinski definition) is 1. The molecule has 0 bridgehead atoms. The standard InChI is InChI=1S/C20H27NO3S/c1-15(20(22)21-11-10-16-6-3-2-4-7-16)25-17-8-9-18-19(14-17)24-13-5-12-23-18/h6,8-9,14-15H,2-5,7,10-13H2,1H3,(H,21,22). The van der Waals surface area contributed by atoms with Gasteiger partial charge in [0.25, 0.3) is 0 Å². The summed E-state index contributed by atoms with van der Waals surface area (Å²) in [5.41, 5.74) is 1.50. The fourth-order valence-electron chi connectivity index (χ4n) is 3.10. The van der Waals surface area contributed by atoms with Gasteiger partial charge in [0.1, 0.15) is 0 Å². The summed E-state index contributed by atoms with van der Waals surface area (Å²) in [6.45, 7) is 4.04. The maximum Gasteiger partial charge on any atom is 0.233 e. The fourth-order valence-corrected chi connectivity index (χ4v) is 4.02. The molecule has 1 unspecified atom stereocenters. The van der Waals surface area contributed by atoms with Crippen LogP contribution >= 0.6 is 11.8 Å². The molecule has 0 saturated heterocycles. The zero-order valence-electron chi connectivity index (χ0n) is 14.9. The summed E-state index contributed by atoms with van der Waals surface area (Å²) in [4.78, 5) is 13.4. The summed E-state index contributed by atoms with van der Waals surface area (Å²) in [5.74, 6) is 1.66. The van der Waals surface area contributed by atoms with Gasteiger partial charge in [0.2, 0.25) is 5.91 Å². The van der Waals surface area contributed by atoms with Crippen LogP contribution in [0.2, 0.25) is 0 Å². The molecule has 3 rings (SSSR count). The van der Waals surface area contributed by atoms with Crippen molar-refractivity contribution in [2.45, 2.75) is 55.6 Å². The molecule has 0 spiro atoms. The van der Waals surface area contributed by atoms with Gasteiger partial charge in [0, 0.05) is 17.9 Å². The first-order chi connectivity index (χ1) is 12.2. The second kappa shape index (κ2) is 9.18. The molecule has 1 heterocycles. The zero-order chi connectivity index (χ0) is 17.5. The number of fused-ring (bicyclic) bond motifs is 1. The molecule has 1 aliphatic carbocycles. The van der Waals surface area contributed by atoms with E-state index in [4.69, 9.17) is 9.47 Å². The molecule has 1 aromatic rings. The van der Waals surface area contributed by atoms with Crippen LogP contribution in [0, 0.1) is 0 Å². The number of allylic oxidation sites excluding steroid dienone is 1. The van der Waals surface area contributed by atoms with E-state index in [2.05, 4.69) is 11.4 Å². The number of benzene rings is 1. The van der Waals surface area contributed by atoms with Crippen LogP contribution in [0.25, 0.3) is 0 Å². The van der Waals surface area contributed by atoms with Crippen LogP contribution in [-0.2, 0) is 4.79 Å². The Hall–Kier alpha value is -1.62. The molecular weight excluding hydrogens is 334 g/mol. The van der Waals surface area contributed by atoms with Crippen LogP contribution in [0.1, 0.15) is 45.4 Å². The van der Waals surface area contributed by atoms with E-state index in [-0.39, 0.29) is 11.2 Å². The number of carbonyl (C=O) groups is 1. The lowest BCUT2D eigenvalue weighted by molar-refractivity contribution is -0.120. The molecule has 1 atom stereocenters. The molecule has 1 N–H and O–H groups in total. The first-order valence-electron chi connectivity index (χ1n) is 9.24. The van der Waals surface area contributed by atoms with Gasteiger partial charge in [-0.05, 0) is 57.2 Å². The molecule has 136 valence electrons. The van der Waals surface area contributed by atoms with Gasteiger partial charge in [-0.25, -0.2) is 0 Å². The van der Waals surface area contributed by atoms with Crippen molar-refractivity contribution in [3.05, 3.63) is 29.8 Å². The highest BCUT2D eigenvalue weighted by Crippen LogP contribution is 2.35. The van der Waals surface area contributed by atoms with Crippen molar-refractivity contribution in [1.82, 2.24) is 5.32 Å². The third-order valence-electron chi connectivity index (χ3n) is 4.53. The number of carbonyl (C=O) groups excluding carboxylic acids is 1. The predicted octanol–water partition coefficient (Wildman–Crippen LogP) is 4.34. The van der Waals surface area contributed by atoms with Crippen molar-refractivity contribution in [3.8, 4) is 11.5 Å². The van der Waals surface area contributed by atoms with E-state index >= 15 is 0 Å². The number of hydrogen-bond acceptors (Lipinski definition) is 4. The van der Waals surface area contributed by atoms with Gasteiger partial charge in [-0.3, -0.25) is 4.79 Å². The van der Waals surface area contributed by atoms with E-state index in [0.717, 1.165) is 35.8 Å². The maximum atomic E-state index is 12.3. The van der Waals surface area contributed by atoms with E-state index < -0.39 is 0 Å². The lowest BCUT2D eigenvalue weighted by Gasteiger charge is -2.15. The van der Waals surface area contributed by atoms with Crippen molar-refractivity contribution >= 4 is 17.7 Å². The molecule has 25 heavy (non-hydrogen) atoms. The molecule has 2 aliphatic rings. The number of rotatable bonds is 6. The summed E-state index contributed by atoms with van der Waals surface area (Å²) in [5, 5.41) is 2.93. The molecule has 0 radical (unpaired) electrons. The average molecular weight is 362 g/mol. The Bertz CT molecular complexity index is 629. The van der Waals surface area contributed by atoms with Crippen molar-refractivity contribution < 1.29 is 14.3 Å². The van der Waals surface area contributed by atoms with Gasteiger partial charge in [0.05, 0.1) is 18.5 Å². The van der Waals surface area contributed by atoms with E-state index in [9.17, 15) is 4.79 Å². The smallest absolute Gasteiger partial charge is 0.233 e. The van der Waals surface area contributed by atoms with Gasteiger partial charge in [-0.2, -0.15) is 0 Å². The van der Waals surface area contributed by atoms with E-state index in [1.54, 1.807) is 11.8 Å². The Morgan fingerprint density at radius 2 is 2.04 bits per heavy atom. The Kier molecular flexibility index (Phi) is 6.68. The van der Waals surface area contributed by atoms with Crippen LogP contribution in [0.3, 0.4) is 0 Å². The number of nitrogens with one attached hydrogen (secondary N) is 1. The largest absolute Gasteiger partial charge is 0.490 e. The van der Waals surface area contributed by atoms with E-state index in [1.165, 1.54) is 31.3 Å². The Morgan fingerprint density at radius 1 is 1.20 bits per heavy atom. The molecule has 1 aromatic carbocycles. The number of ether oxygens (including phenoxy) is 2. The van der Waals surface area contributed by atoms with Gasteiger partial charge in [0.15, 0.2) is 11.5 Å². The molecule has 4 nitrogen and oxygen atoms in total. The third kappa shape index (κ3) is 5.43. The number of amides is 1. The summed E-state index contributed by atoms with van der Waals surface area (Å²) in [6, 6.07) is 5.90. The Morgan fingerprint density at radius 3 is 2.84 bits per heavy atom. The minimum atomic E-state index is -0.134. The average Bonchev–Trinajstić information content (AvgIpc) is 2.87. The van der Waals surface area contributed by atoms with Gasteiger partial charge in [-0.1, -0.05) is 11.6 Å². The molecule has 0 aromatic heterocycles. The Balaban J connectivity index is 1.47. The van der Waals surface area contributed by atoms with Crippen molar-refractivity contribution in [1.29, 1.82) is 0 Å². The van der Waals surface area contributed by atoms with Gasteiger partial charge in [-0.15, -0.1) is 11.8 Å². The first-order valence-corrected chi connectivity index (χ1v) is 10.1. The molecule has 1 amide bonds. The summed E-state index contributed by atoms with van der Waals surface area (Å²) in [7, 11) is 0. The lowest BCUT2D eigenvalue weighted by Crippen LogP contribution is -2.31. The molecule has 5 heteroatoms. The second-order valence-electron chi connectivity index (χ2n) is 6.57. The summed E-state index contributed by atoms with van der Waals surface area (Å²) in [6.07, 6.45) is 9.19. The second-order valence-corrected chi connectivity index (χ2v) is 7.98. The highest BCUT2D eigenvalue weighted by molar-refractivity contribution is 8.00. The zero-order valence-corrected chi connectivity index (χ0v) is 15.7. The minimum absolute atomic E-state index is 0.0912. The van der Waals surface area contributed by atoms with Crippen molar-refractivity contribution in [3.63, 3.8) is 0 Å². The quantitative estimate of drug-likeness (QED) is 0.605. The third-order valence-corrected chi connectivity index (χ3v) is 5.63. The first kappa shape index (κ1) is 18.2. The molecular formula is C20H27NO3S. The maximum absolute atomic E-state index is 12.3. The van der Waals surface area contributed by atoms with Crippen LogP contribution < -0.4 is 14.8 Å². The molecule has 0 fully saturated rings. The van der Waals surface area contributed by atoms with Crippen molar-refractivity contribution in [2.75, 3.05) is 19.8 Å². The highest BCUT2D eigenvalue weighted by Gasteiger charge is 2.17. The predicted molar refractivity (Wildman–Crippen MR) is 102 cm³/mol. The van der Waals surface area contributed by atoms with Crippen LogP contribution in [0.15, 0.2) is 34.7 Å². The normalized spacial score (nSPS) is 18.0. The van der Waals surface area contributed by atoms with Crippen molar-refractivity contribution in [2.24, 2.45) is 0 Å². The SMILES string of the molecule is CC(Sc1ccc2c(c1)OCCCO2)C(=O)NCCC1=CCCCC1. The van der Waals surface area contributed by atoms with Crippen LogP contribution in [-0.4, -0.2) is 30.9 Å². The lowest BCUT2D eigenvalue weighted by atomic mass is 9.97. The van der Waals surface area contributed by atoms with Crippen LogP contribution in [0.4, 0.5) is 0 Å². The highest BCUT2D eigenvalue weighted by atomic mass is 32.2. The van der Waals surface area contributed by atoms with Gasteiger partial charge >= 0.3 is 0 Å². The van der Waals surface area contributed by atoms with Gasteiger partial charge < -0.3 is 14.8 Å². The minimum Gasteiger partial charge on any atom is -0.490 e. The molecule has 1 aliphatic heterocycles. The van der Waals surface area contributed by atoms with E-state index in [1.807, 2.05) is 25.1 Å². The summed E-state index contributed by atoms with van der Waals surface area (Å²) < 4.78 is 11.4. The number of thioether (sulfide) groups is 1. The topological polar surface area (TPSA) is 47.6 Å². The van der Waals surface area contributed by atoms with Crippen LogP contribution in [0.5, 0.6) is 11.5 Å². The monoisotopic (exact) mass is 361 g/mol. The van der Waals surface area contributed by atoms with E-state index in [0.29, 0.717) is 13.2 Å². The summed E-state index contributed by atoms with van der Waals surface area (Å²) >= 11 is 1.56.